The highest BCUT2D eigenvalue weighted by atomic mass is 19.1. The maximum atomic E-state index is 14.0. The number of rotatable bonds is 2. The summed E-state index contributed by atoms with van der Waals surface area (Å²) in [5.74, 6) is -1.08. The number of carbonyl (C=O) groups excluding carboxylic acids is 1. The number of esters is 1. The molecule has 5 nitrogen and oxygen atoms in total. The molecule has 1 saturated heterocycles. The Balaban J connectivity index is 2.11. The number of fused-ring (bicyclic) bond motifs is 1. The van der Waals surface area contributed by atoms with Gasteiger partial charge < -0.3 is 18.5 Å². The lowest BCUT2D eigenvalue weighted by Gasteiger charge is -2.32. The zero-order chi connectivity index (χ0) is 17.0. The molecule has 1 aliphatic heterocycles. The van der Waals surface area contributed by atoms with Crippen LogP contribution < -0.4 is 5.46 Å². The summed E-state index contributed by atoms with van der Waals surface area (Å²) in [7, 11) is 0.473. The highest BCUT2D eigenvalue weighted by Gasteiger charge is 2.52. The minimum atomic E-state index is -0.783. The summed E-state index contributed by atoms with van der Waals surface area (Å²) in [6.07, 6.45) is 0. The van der Waals surface area contributed by atoms with Gasteiger partial charge in [0.25, 0.3) is 0 Å². The average Bonchev–Trinajstić information content (AvgIpc) is 2.95. The molecule has 1 fully saturated rings. The van der Waals surface area contributed by atoms with Crippen LogP contribution in [-0.2, 0) is 14.0 Å². The van der Waals surface area contributed by atoms with Crippen molar-refractivity contribution in [2.75, 3.05) is 7.11 Å². The molecule has 0 N–H and O–H groups in total. The van der Waals surface area contributed by atoms with E-state index in [2.05, 4.69) is 4.74 Å². The normalized spacial score (nSPS) is 19.3. The number of halogens is 1. The summed E-state index contributed by atoms with van der Waals surface area (Å²) in [5.41, 5.74) is -0.360. The van der Waals surface area contributed by atoms with Gasteiger partial charge in [-0.05, 0) is 45.9 Å². The Morgan fingerprint density at radius 1 is 1.13 bits per heavy atom. The van der Waals surface area contributed by atoms with E-state index in [1.807, 2.05) is 27.7 Å². The van der Waals surface area contributed by atoms with E-state index < -0.39 is 30.1 Å². The number of furan rings is 1. The third-order valence-corrected chi connectivity index (χ3v) is 4.50. The largest absolute Gasteiger partial charge is 0.498 e. The second kappa shape index (κ2) is 5.07. The summed E-state index contributed by atoms with van der Waals surface area (Å²) in [5, 5.41) is 0.454. The lowest BCUT2D eigenvalue weighted by Crippen LogP contribution is -2.41. The Morgan fingerprint density at radius 2 is 1.74 bits per heavy atom. The maximum Gasteiger partial charge on any atom is 0.498 e. The van der Waals surface area contributed by atoms with E-state index in [4.69, 9.17) is 13.7 Å². The Kier molecular flexibility index (Phi) is 3.53. The van der Waals surface area contributed by atoms with Crippen LogP contribution in [0.1, 0.15) is 38.2 Å². The molecule has 23 heavy (non-hydrogen) atoms. The molecule has 0 bridgehead atoms. The number of hydrogen-bond acceptors (Lipinski definition) is 5. The molecule has 0 amide bonds. The maximum absolute atomic E-state index is 14.0. The first-order valence-corrected chi connectivity index (χ1v) is 7.31. The van der Waals surface area contributed by atoms with Crippen molar-refractivity contribution >= 4 is 29.5 Å². The number of methoxy groups -OCH3 is 1. The minimum absolute atomic E-state index is 0.00543. The second-order valence-electron chi connectivity index (χ2n) is 6.60. The molecular formula is C16H18BFO5. The van der Waals surface area contributed by atoms with Crippen LogP contribution in [0.3, 0.4) is 0 Å². The van der Waals surface area contributed by atoms with E-state index >= 15 is 0 Å². The molecule has 0 saturated carbocycles. The first kappa shape index (κ1) is 16.0. The highest BCUT2D eigenvalue weighted by molar-refractivity contribution is 6.64. The third-order valence-electron chi connectivity index (χ3n) is 4.50. The average molecular weight is 320 g/mol. The number of hydrogen-bond donors (Lipinski definition) is 0. The van der Waals surface area contributed by atoms with Crippen molar-refractivity contribution in [2.24, 2.45) is 0 Å². The molecule has 122 valence electrons. The number of carbonyl (C=O) groups is 1. The lowest BCUT2D eigenvalue weighted by atomic mass is 9.78. The fraction of sp³-hybridized carbons (Fsp3) is 0.438. The molecule has 1 aromatic carbocycles. The third kappa shape index (κ3) is 2.54. The molecule has 0 unspecified atom stereocenters. The van der Waals surface area contributed by atoms with Crippen molar-refractivity contribution in [3.8, 4) is 0 Å². The van der Waals surface area contributed by atoms with Crippen molar-refractivity contribution < 1.29 is 27.6 Å². The van der Waals surface area contributed by atoms with E-state index in [-0.39, 0.29) is 5.76 Å². The van der Waals surface area contributed by atoms with Gasteiger partial charge in [0, 0.05) is 10.8 Å². The van der Waals surface area contributed by atoms with Crippen LogP contribution in [0.4, 0.5) is 4.39 Å². The predicted octanol–water partition coefficient (Wildman–Crippen LogP) is 2.66. The molecule has 7 heteroatoms. The fourth-order valence-corrected chi connectivity index (χ4v) is 2.49. The van der Waals surface area contributed by atoms with Gasteiger partial charge in [0.05, 0.1) is 18.3 Å². The van der Waals surface area contributed by atoms with Crippen LogP contribution in [-0.4, -0.2) is 31.4 Å². The summed E-state index contributed by atoms with van der Waals surface area (Å²) in [6.45, 7) is 7.63. The Hall–Kier alpha value is -1.86. The van der Waals surface area contributed by atoms with Crippen LogP contribution in [0, 0.1) is 5.82 Å². The zero-order valence-electron chi connectivity index (χ0n) is 13.7. The van der Waals surface area contributed by atoms with Crippen LogP contribution in [0.2, 0.25) is 0 Å². The molecular weight excluding hydrogens is 302 g/mol. The smallest absolute Gasteiger partial charge is 0.463 e. The van der Waals surface area contributed by atoms with E-state index in [1.54, 1.807) is 0 Å². The van der Waals surface area contributed by atoms with Crippen molar-refractivity contribution in [1.29, 1.82) is 0 Å². The van der Waals surface area contributed by atoms with Gasteiger partial charge in [-0.1, -0.05) is 0 Å². The molecule has 2 aromatic rings. The van der Waals surface area contributed by atoms with Gasteiger partial charge in [0.15, 0.2) is 0 Å². The summed E-state index contributed by atoms with van der Waals surface area (Å²) in [4.78, 5) is 11.6. The van der Waals surface area contributed by atoms with Gasteiger partial charge in [-0.15, -0.1) is 0 Å². The summed E-state index contributed by atoms with van der Waals surface area (Å²) in [6, 6.07) is 4.04. The quantitative estimate of drug-likeness (QED) is 0.629. The molecule has 0 atom stereocenters. The van der Waals surface area contributed by atoms with E-state index in [0.29, 0.717) is 16.4 Å². The molecule has 0 spiro atoms. The molecule has 1 aliphatic rings. The topological polar surface area (TPSA) is 57.9 Å². The summed E-state index contributed by atoms with van der Waals surface area (Å²) >= 11 is 0. The zero-order valence-corrected chi connectivity index (χ0v) is 13.7. The SMILES string of the molecule is COC(=O)c1cc2cc(F)cc(B3OC(C)(C)C(C)(C)O3)c2o1. The van der Waals surface area contributed by atoms with Gasteiger partial charge in [-0.2, -0.15) is 0 Å². The predicted molar refractivity (Wildman–Crippen MR) is 83.2 cm³/mol. The number of ether oxygens (including phenoxy) is 1. The first-order chi connectivity index (χ1) is 10.6. The van der Waals surface area contributed by atoms with Gasteiger partial charge >= 0.3 is 13.1 Å². The molecule has 3 rings (SSSR count). The monoisotopic (exact) mass is 320 g/mol. The standard InChI is InChI=1S/C16H18BFO5/c1-15(2)16(3,4)23-17(22-15)11-8-10(18)6-9-7-12(14(19)20-5)21-13(9)11/h6-8H,1-5H3. The van der Waals surface area contributed by atoms with Crippen LogP contribution >= 0.6 is 0 Å². The van der Waals surface area contributed by atoms with Crippen molar-refractivity contribution in [1.82, 2.24) is 0 Å². The Labute approximate surface area is 133 Å². The lowest BCUT2D eigenvalue weighted by molar-refractivity contribution is 0.00578. The fourth-order valence-electron chi connectivity index (χ4n) is 2.49. The van der Waals surface area contributed by atoms with Crippen LogP contribution in [0.15, 0.2) is 22.6 Å². The minimum Gasteiger partial charge on any atom is -0.463 e. The van der Waals surface area contributed by atoms with Gasteiger partial charge in [0.1, 0.15) is 11.4 Å². The van der Waals surface area contributed by atoms with Crippen molar-refractivity contribution in [3.63, 3.8) is 0 Å². The molecule has 0 aliphatic carbocycles. The van der Waals surface area contributed by atoms with Gasteiger partial charge in [-0.3, -0.25) is 0 Å². The van der Waals surface area contributed by atoms with Crippen LogP contribution in [0.25, 0.3) is 11.0 Å². The molecule has 2 heterocycles. The molecule has 0 radical (unpaired) electrons. The van der Waals surface area contributed by atoms with Crippen molar-refractivity contribution in [2.45, 2.75) is 38.9 Å². The van der Waals surface area contributed by atoms with E-state index in [1.165, 1.54) is 25.3 Å². The van der Waals surface area contributed by atoms with Crippen molar-refractivity contribution in [3.05, 3.63) is 29.8 Å². The van der Waals surface area contributed by atoms with E-state index in [0.717, 1.165) is 0 Å². The van der Waals surface area contributed by atoms with Crippen LogP contribution in [0.5, 0.6) is 0 Å². The highest BCUT2D eigenvalue weighted by Crippen LogP contribution is 2.37. The summed E-state index contributed by atoms with van der Waals surface area (Å²) < 4.78 is 36.0. The first-order valence-electron chi connectivity index (χ1n) is 7.31. The van der Waals surface area contributed by atoms with Gasteiger partial charge in [-0.25, -0.2) is 9.18 Å². The Morgan fingerprint density at radius 3 is 2.30 bits per heavy atom. The molecule has 1 aromatic heterocycles. The Bertz CT molecular complexity index is 764. The van der Waals surface area contributed by atoms with Gasteiger partial charge in [0.2, 0.25) is 5.76 Å². The number of benzene rings is 1. The van der Waals surface area contributed by atoms with E-state index in [9.17, 15) is 9.18 Å². The second-order valence-corrected chi connectivity index (χ2v) is 6.60.